The van der Waals surface area contributed by atoms with Crippen molar-refractivity contribution >= 4 is 5.78 Å². The molecule has 0 aliphatic heterocycles. The lowest BCUT2D eigenvalue weighted by molar-refractivity contribution is -0.124. The third kappa shape index (κ3) is 5.04. The molecule has 0 aliphatic carbocycles. The summed E-state index contributed by atoms with van der Waals surface area (Å²) in [6.45, 7) is 8.05. The van der Waals surface area contributed by atoms with E-state index < -0.39 is 0 Å². The highest BCUT2D eigenvalue weighted by atomic mass is 16.5. The predicted molar refractivity (Wildman–Crippen MR) is 54.8 cm³/mol. The van der Waals surface area contributed by atoms with E-state index in [1.54, 1.807) is 7.11 Å². The second-order valence-electron chi connectivity index (χ2n) is 4.29. The zero-order chi connectivity index (χ0) is 10.5. The van der Waals surface area contributed by atoms with Crippen LogP contribution in [-0.2, 0) is 9.53 Å². The lowest BCUT2D eigenvalue weighted by Crippen LogP contribution is -2.28. The monoisotopic (exact) mass is 186 g/mol. The molecule has 0 aliphatic rings. The van der Waals surface area contributed by atoms with Crippen LogP contribution in [0, 0.1) is 5.92 Å². The van der Waals surface area contributed by atoms with Gasteiger partial charge in [-0.15, -0.1) is 0 Å². The predicted octanol–water partition coefficient (Wildman–Crippen LogP) is 2.81. The molecule has 0 aromatic carbocycles. The van der Waals surface area contributed by atoms with Gasteiger partial charge in [-0.2, -0.15) is 0 Å². The maximum atomic E-state index is 11.5. The van der Waals surface area contributed by atoms with Gasteiger partial charge < -0.3 is 4.74 Å². The summed E-state index contributed by atoms with van der Waals surface area (Å²) in [7, 11) is 1.69. The summed E-state index contributed by atoms with van der Waals surface area (Å²) in [4.78, 5) is 11.5. The Balaban J connectivity index is 3.99. The van der Waals surface area contributed by atoms with Crippen LogP contribution in [0.4, 0.5) is 0 Å². The Bertz CT molecular complexity index is 161. The highest BCUT2D eigenvalue weighted by molar-refractivity contribution is 5.80. The van der Waals surface area contributed by atoms with E-state index in [4.69, 9.17) is 4.74 Å². The third-order valence-corrected chi connectivity index (χ3v) is 2.40. The third-order valence-electron chi connectivity index (χ3n) is 2.40. The molecule has 0 aromatic heterocycles. The molecule has 0 bridgehead atoms. The molecule has 0 N–H and O–H groups in total. The zero-order valence-corrected chi connectivity index (χ0v) is 9.52. The molecule has 0 aromatic rings. The largest absolute Gasteiger partial charge is 0.379 e. The van der Waals surface area contributed by atoms with Crippen molar-refractivity contribution in [1.82, 2.24) is 0 Å². The quantitative estimate of drug-likeness (QED) is 0.637. The van der Waals surface area contributed by atoms with E-state index in [9.17, 15) is 4.79 Å². The maximum Gasteiger partial charge on any atom is 0.135 e. The Morgan fingerprint density at radius 1 is 1.46 bits per heavy atom. The summed E-state index contributed by atoms with van der Waals surface area (Å²) in [6.07, 6.45) is 2.44. The van der Waals surface area contributed by atoms with Crippen molar-refractivity contribution in [3.63, 3.8) is 0 Å². The number of ketones is 1. The highest BCUT2D eigenvalue weighted by Crippen LogP contribution is 2.21. The Hall–Kier alpha value is -0.370. The highest BCUT2D eigenvalue weighted by Gasteiger charge is 2.23. The second kappa shape index (κ2) is 5.38. The molecule has 1 atom stereocenters. The Labute approximate surface area is 81.7 Å². The van der Waals surface area contributed by atoms with Gasteiger partial charge in [0.2, 0.25) is 0 Å². The van der Waals surface area contributed by atoms with Gasteiger partial charge >= 0.3 is 0 Å². The molecule has 0 saturated heterocycles. The number of rotatable bonds is 6. The van der Waals surface area contributed by atoms with Gasteiger partial charge in [0.05, 0.1) is 5.60 Å². The van der Waals surface area contributed by atoms with Crippen LogP contribution in [0.15, 0.2) is 0 Å². The van der Waals surface area contributed by atoms with Crippen molar-refractivity contribution in [2.24, 2.45) is 5.92 Å². The van der Waals surface area contributed by atoms with Gasteiger partial charge in [0.1, 0.15) is 5.78 Å². The van der Waals surface area contributed by atoms with Gasteiger partial charge in [0.15, 0.2) is 0 Å². The van der Waals surface area contributed by atoms with Crippen molar-refractivity contribution in [3.05, 3.63) is 0 Å². The molecule has 0 amide bonds. The number of methoxy groups -OCH3 is 1. The SMILES string of the molecule is CCCC(=O)C(C)CC(C)(C)OC. The van der Waals surface area contributed by atoms with Crippen LogP contribution in [0.1, 0.15) is 47.0 Å². The van der Waals surface area contributed by atoms with Gasteiger partial charge in [0, 0.05) is 19.4 Å². The van der Waals surface area contributed by atoms with E-state index in [0.29, 0.717) is 12.2 Å². The number of carbonyl (C=O) groups excluding carboxylic acids is 1. The van der Waals surface area contributed by atoms with Gasteiger partial charge in [0.25, 0.3) is 0 Å². The van der Waals surface area contributed by atoms with Crippen molar-refractivity contribution in [2.45, 2.75) is 52.6 Å². The van der Waals surface area contributed by atoms with Crippen LogP contribution in [0.5, 0.6) is 0 Å². The first-order chi connectivity index (χ1) is 5.93. The fraction of sp³-hybridized carbons (Fsp3) is 0.909. The van der Waals surface area contributed by atoms with Crippen molar-refractivity contribution in [2.75, 3.05) is 7.11 Å². The molecular weight excluding hydrogens is 164 g/mol. The summed E-state index contributed by atoms with van der Waals surface area (Å²) in [6, 6.07) is 0. The summed E-state index contributed by atoms with van der Waals surface area (Å²) in [5.41, 5.74) is -0.178. The van der Waals surface area contributed by atoms with E-state index in [2.05, 4.69) is 0 Å². The van der Waals surface area contributed by atoms with Crippen molar-refractivity contribution < 1.29 is 9.53 Å². The van der Waals surface area contributed by atoms with Crippen LogP contribution in [0.3, 0.4) is 0 Å². The Kier molecular flexibility index (Phi) is 5.23. The molecule has 0 rings (SSSR count). The molecule has 0 saturated carbocycles. The minimum atomic E-state index is -0.178. The second-order valence-corrected chi connectivity index (χ2v) is 4.29. The van der Waals surface area contributed by atoms with Gasteiger partial charge in [-0.3, -0.25) is 4.79 Å². The summed E-state index contributed by atoms with van der Waals surface area (Å²) < 4.78 is 5.28. The van der Waals surface area contributed by atoms with Crippen LogP contribution >= 0.6 is 0 Å². The molecule has 78 valence electrons. The van der Waals surface area contributed by atoms with E-state index in [1.807, 2.05) is 27.7 Å². The molecule has 0 radical (unpaired) electrons. The molecular formula is C11H22O2. The summed E-state index contributed by atoms with van der Waals surface area (Å²) in [5.74, 6) is 0.475. The molecule has 2 nitrogen and oxygen atoms in total. The topological polar surface area (TPSA) is 26.3 Å². The molecule has 13 heavy (non-hydrogen) atoms. The number of hydrogen-bond donors (Lipinski definition) is 0. The minimum absolute atomic E-state index is 0.120. The van der Waals surface area contributed by atoms with E-state index in [1.165, 1.54) is 0 Å². The first-order valence-electron chi connectivity index (χ1n) is 5.00. The minimum Gasteiger partial charge on any atom is -0.379 e. The lowest BCUT2D eigenvalue weighted by atomic mass is 9.90. The van der Waals surface area contributed by atoms with E-state index in [0.717, 1.165) is 12.8 Å². The molecule has 0 spiro atoms. The standard InChI is InChI=1S/C11H22O2/c1-6-7-10(12)9(2)8-11(3,4)13-5/h9H,6-8H2,1-5H3. The maximum absolute atomic E-state index is 11.5. The lowest BCUT2D eigenvalue weighted by Gasteiger charge is -2.25. The van der Waals surface area contributed by atoms with Crippen LogP contribution in [-0.4, -0.2) is 18.5 Å². The van der Waals surface area contributed by atoms with Gasteiger partial charge in [-0.1, -0.05) is 13.8 Å². The number of carbonyl (C=O) groups is 1. The smallest absolute Gasteiger partial charge is 0.135 e. The normalized spacial score (nSPS) is 14.2. The van der Waals surface area contributed by atoms with Gasteiger partial charge in [-0.05, 0) is 26.7 Å². The average molecular weight is 186 g/mol. The van der Waals surface area contributed by atoms with Crippen LogP contribution in [0.2, 0.25) is 0 Å². The Morgan fingerprint density at radius 2 is 2.00 bits per heavy atom. The summed E-state index contributed by atoms with van der Waals surface area (Å²) in [5, 5.41) is 0. The molecule has 0 fully saturated rings. The number of ether oxygens (including phenoxy) is 1. The first-order valence-corrected chi connectivity index (χ1v) is 5.00. The van der Waals surface area contributed by atoms with Crippen LogP contribution < -0.4 is 0 Å². The fourth-order valence-electron chi connectivity index (χ4n) is 1.43. The molecule has 1 unspecified atom stereocenters. The van der Waals surface area contributed by atoms with Crippen molar-refractivity contribution in [1.29, 1.82) is 0 Å². The van der Waals surface area contributed by atoms with E-state index in [-0.39, 0.29) is 11.5 Å². The molecule has 0 heterocycles. The zero-order valence-electron chi connectivity index (χ0n) is 9.52. The fourth-order valence-corrected chi connectivity index (χ4v) is 1.43. The van der Waals surface area contributed by atoms with Crippen molar-refractivity contribution in [3.8, 4) is 0 Å². The first kappa shape index (κ1) is 12.6. The number of Topliss-reactive ketones (excluding diaryl/α,β-unsaturated/α-hetero) is 1. The van der Waals surface area contributed by atoms with E-state index >= 15 is 0 Å². The summed E-state index contributed by atoms with van der Waals surface area (Å²) >= 11 is 0. The number of hydrogen-bond acceptors (Lipinski definition) is 2. The van der Waals surface area contributed by atoms with Gasteiger partial charge in [-0.25, -0.2) is 0 Å². The molecule has 2 heteroatoms. The van der Waals surface area contributed by atoms with Crippen LogP contribution in [0.25, 0.3) is 0 Å². The Morgan fingerprint density at radius 3 is 2.38 bits per heavy atom. The average Bonchev–Trinajstić information content (AvgIpc) is 2.04.